The van der Waals surface area contributed by atoms with Gasteiger partial charge in [-0.25, -0.2) is 0 Å². The van der Waals surface area contributed by atoms with E-state index >= 15 is 0 Å². The lowest BCUT2D eigenvalue weighted by Gasteiger charge is -2.15. The van der Waals surface area contributed by atoms with Gasteiger partial charge in [0.1, 0.15) is 18.1 Å². The van der Waals surface area contributed by atoms with Crippen LogP contribution in [0.5, 0.6) is 17.2 Å². The van der Waals surface area contributed by atoms with E-state index in [1.54, 1.807) is 19.4 Å². The number of rotatable bonds is 9. The van der Waals surface area contributed by atoms with E-state index in [0.717, 1.165) is 30.0 Å². The van der Waals surface area contributed by atoms with Crippen molar-refractivity contribution in [1.82, 2.24) is 4.57 Å². The summed E-state index contributed by atoms with van der Waals surface area (Å²) in [7, 11) is 1.63. The minimum absolute atomic E-state index is 0.0732. The van der Waals surface area contributed by atoms with E-state index in [1.165, 1.54) is 0 Å². The average Bonchev–Trinajstić information content (AvgIpc) is 2.60. The maximum absolute atomic E-state index is 12.0. The summed E-state index contributed by atoms with van der Waals surface area (Å²) in [6.07, 6.45) is 3.76. The maximum atomic E-state index is 12.0. The molecule has 0 atom stereocenters. The monoisotopic (exact) mass is 331 g/mol. The van der Waals surface area contributed by atoms with E-state index in [9.17, 15) is 4.79 Å². The highest BCUT2D eigenvalue weighted by molar-refractivity contribution is 5.31. The molecule has 2 aromatic rings. The van der Waals surface area contributed by atoms with Crippen LogP contribution < -0.4 is 19.6 Å². The van der Waals surface area contributed by atoms with Crippen LogP contribution in [0.2, 0.25) is 0 Å². The van der Waals surface area contributed by atoms with E-state index in [0.29, 0.717) is 25.5 Å². The van der Waals surface area contributed by atoms with Gasteiger partial charge in [0.25, 0.3) is 0 Å². The van der Waals surface area contributed by atoms with Crippen molar-refractivity contribution in [2.75, 3.05) is 20.3 Å². The van der Waals surface area contributed by atoms with Crippen LogP contribution in [0, 0.1) is 6.92 Å². The number of hydrogen-bond acceptors (Lipinski definition) is 4. The fourth-order valence-electron chi connectivity index (χ4n) is 2.32. The van der Waals surface area contributed by atoms with E-state index < -0.39 is 0 Å². The summed E-state index contributed by atoms with van der Waals surface area (Å²) in [6.45, 7) is 5.71. The third-order valence-electron chi connectivity index (χ3n) is 3.79. The standard InChI is InChI=1S/C19H25NO4/c1-4-5-13-24-19-15(2)20(11-10-18(19)21)12-14-23-17-8-6-16(22-3)7-9-17/h6-11H,4-5,12-14H2,1-3H3. The number of methoxy groups -OCH3 is 1. The topological polar surface area (TPSA) is 49.7 Å². The predicted octanol–water partition coefficient (Wildman–Crippen LogP) is 3.42. The van der Waals surface area contributed by atoms with Crippen LogP contribution in [0.15, 0.2) is 41.3 Å². The number of ether oxygens (including phenoxy) is 3. The Morgan fingerprint density at radius 3 is 2.38 bits per heavy atom. The van der Waals surface area contributed by atoms with Gasteiger partial charge in [0.15, 0.2) is 5.75 Å². The van der Waals surface area contributed by atoms with Crippen molar-refractivity contribution in [3.05, 3.63) is 52.4 Å². The van der Waals surface area contributed by atoms with Gasteiger partial charge < -0.3 is 18.8 Å². The lowest BCUT2D eigenvalue weighted by atomic mass is 10.3. The first kappa shape index (κ1) is 17.9. The molecule has 5 nitrogen and oxygen atoms in total. The molecule has 0 fully saturated rings. The Hall–Kier alpha value is -2.43. The molecule has 5 heteroatoms. The second kappa shape index (κ2) is 9.01. The zero-order chi connectivity index (χ0) is 17.4. The first-order valence-corrected chi connectivity index (χ1v) is 8.25. The first-order chi connectivity index (χ1) is 11.7. The molecule has 0 bridgehead atoms. The molecule has 2 rings (SSSR count). The predicted molar refractivity (Wildman–Crippen MR) is 94.3 cm³/mol. The van der Waals surface area contributed by atoms with Gasteiger partial charge in [-0.05, 0) is 37.6 Å². The summed E-state index contributed by atoms with van der Waals surface area (Å²) in [5, 5.41) is 0. The molecule has 1 aromatic carbocycles. The maximum Gasteiger partial charge on any atom is 0.223 e. The molecule has 0 unspecified atom stereocenters. The Labute approximate surface area is 142 Å². The Bertz CT molecular complexity index is 692. The Morgan fingerprint density at radius 1 is 1.00 bits per heavy atom. The van der Waals surface area contributed by atoms with E-state index in [2.05, 4.69) is 6.92 Å². The summed E-state index contributed by atoms with van der Waals surface area (Å²) in [4.78, 5) is 12.0. The van der Waals surface area contributed by atoms with Gasteiger partial charge in [-0.3, -0.25) is 4.79 Å². The molecule has 0 radical (unpaired) electrons. The third-order valence-corrected chi connectivity index (χ3v) is 3.79. The molecule has 0 amide bonds. The Balaban J connectivity index is 1.96. The SMILES string of the molecule is CCCCOc1c(C)n(CCOc2ccc(OC)cc2)ccc1=O. The molecule has 0 saturated heterocycles. The lowest BCUT2D eigenvalue weighted by Crippen LogP contribution is -2.17. The number of aromatic nitrogens is 1. The molecule has 0 saturated carbocycles. The molecule has 0 aliphatic heterocycles. The molecular formula is C19H25NO4. The van der Waals surface area contributed by atoms with Crippen LogP contribution >= 0.6 is 0 Å². The minimum Gasteiger partial charge on any atom is -0.497 e. The Morgan fingerprint density at radius 2 is 1.71 bits per heavy atom. The largest absolute Gasteiger partial charge is 0.497 e. The third kappa shape index (κ3) is 4.78. The zero-order valence-corrected chi connectivity index (χ0v) is 14.6. The van der Waals surface area contributed by atoms with Gasteiger partial charge in [0, 0.05) is 12.3 Å². The summed E-state index contributed by atoms with van der Waals surface area (Å²) in [5.74, 6) is 2.02. The molecule has 0 N–H and O–H groups in total. The van der Waals surface area contributed by atoms with Crippen LogP contribution in [-0.2, 0) is 6.54 Å². The smallest absolute Gasteiger partial charge is 0.223 e. The molecule has 1 aromatic heterocycles. The molecule has 0 aliphatic rings. The van der Waals surface area contributed by atoms with Crippen LogP contribution in [0.4, 0.5) is 0 Å². The van der Waals surface area contributed by atoms with Crippen molar-refractivity contribution in [2.24, 2.45) is 0 Å². The van der Waals surface area contributed by atoms with Crippen LogP contribution in [0.1, 0.15) is 25.5 Å². The summed E-state index contributed by atoms with van der Waals surface area (Å²) >= 11 is 0. The van der Waals surface area contributed by atoms with E-state index in [-0.39, 0.29) is 5.43 Å². The van der Waals surface area contributed by atoms with Crippen molar-refractivity contribution in [3.63, 3.8) is 0 Å². The summed E-state index contributed by atoms with van der Waals surface area (Å²) < 4.78 is 18.5. The number of benzene rings is 1. The Kier molecular flexibility index (Phi) is 6.73. The second-order valence-corrected chi connectivity index (χ2v) is 5.51. The molecular weight excluding hydrogens is 306 g/mol. The van der Waals surface area contributed by atoms with Crippen molar-refractivity contribution < 1.29 is 14.2 Å². The first-order valence-electron chi connectivity index (χ1n) is 8.25. The highest BCUT2D eigenvalue weighted by atomic mass is 16.5. The normalized spacial score (nSPS) is 10.5. The molecule has 0 aliphatic carbocycles. The summed E-state index contributed by atoms with van der Waals surface area (Å²) in [6, 6.07) is 9.01. The van der Waals surface area contributed by atoms with Crippen molar-refractivity contribution in [3.8, 4) is 17.2 Å². The van der Waals surface area contributed by atoms with Crippen molar-refractivity contribution >= 4 is 0 Å². The van der Waals surface area contributed by atoms with Crippen LogP contribution in [0.25, 0.3) is 0 Å². The van der Waals surface area contributed by atoms with Crippen molar-refractivity contribution in [2.45, 2.75) is 33.2 Å². The van der Waals surface area contributed by atoms with Gasteiger partial charge in [-0.2, -0.15) is 0 Å². The average molecular weight is 331 g/mol. The summed E-state index contributed by atoms with van der Waals surface area (Å²) in [5.41, 5.74) is 0.757. The van der Waals surface area contributed by atoms with E-state index in [4.69, 9.17) is 14.2 Å². The molecule has 0 spiro atoms. The number of hydrogen-bond donors (Lipinski definition) is 0. The van der Waals surface area contributed by atoms with Gasteiger partial charge >= 0.3 is 0 Å². The fraction of sp³-hybridized carbons (Fsp3) is 0.421. The van der Waals surface area contributed by atoms with Crippen LogP contribution in [-0.4, -0.2) is 24.9 Å². The number of unbranched alkanes of at least 4 members (excludes halogenated alkanes) is 1. The van der Waals surface area contributed by atoms with Gasteiger partial charge in [-0.15, -0.1) is 0 Å². The fourth-order valence-corrected chi connectivity index (χ4v) is 2.32. The van der Waals surface area contributed by atoms with Gasteiger partial charge in [-0.1, -0.05) is 13.3 Å². The minimum atomic E-state index is -0.0732. The number of nitrogens with zero attached hydrogens (tertiary/aromatic N) is 1. The second-order valence-electron chi connectivity index (χ2n) is 5.51. The van der Waals surface area contributed by atoms with Crippen LogP contribution in [0.3, 0.4) is 0 Å². The van der Waals surface area contributed by atoms with E-state index in [1.807, 2.05) is 35.8 Å². The number of pyridine rings is 1. The molecule has 130 valence electrons. The molecule has 1 heterocycles. The van der Waals surface area contributed by atoms with Crippen molar-refractivity contribution in [1.29, 1.82) is 0 Å². The zero-order valence-electron chi connectivity index (χ0n) is 14.6. The molecule has 24 heavy (non-hydrogen) atoms. The van der Waals surface area contributed by atoms with Gasteiger partial charge in [0.05, 0.1) is 26.0 Å². The highest BCUT2D eigenvalue weighted by Crippen LogP contribution is 2.17. The van der Waals surface area contributed by atoms with Gasteiger partial charge in [0.2, 0.25) is 5.43 Å². The lowest BCUT2D eigenvalue weighted by molar-refractivity contribution is 0.285. The highest BCUT2D eigenvalue weighted by Gasteiger charge is 2.08. The quantitative estimate of drug-likeness (QED) is 0.661.